The molecule has 0 saturated heterocycles. The first kappa shape index (κ1) is 35.9. The van der Waals surface area contributed by atoms with Gasteiger partial charge in [-0.25, -0.2) is 4.79 Å². The Morgan fingerprint density at radius 1 is 0.788 bits per heavy atom. The molecule has 13 heteroatoms. The number of carboxylic acid groups (broad SMARTS) is 1. The number of hydrogen-bond acceptors (Lipinski definition) is 5. The number of fused-ring (bicyclic) bond motifs is 3. The number of nitrogens with two attached hydrogens (primary N) is 1. The number of amides is 1. The standard InChI is InChI=1S/C37H37N7O.C2HF3O2/c1-37(2,38)36(45)41-33(20-27-22-40-32-17-8-6-15-30(27)32)35-43-42-34(19-18-25-21-39-31-16-7-5-14-29(25)31)44(35)23-26-12-9-11-24-10-3-4-13-28(24)26;3-2(4,5)1(6)7/h3-17,21-22,33,39-40H,18-20,23,38H2,1-2H3,(H,41,45);(H,6,7)/t33-;/m1./s1. The van der Waals surface area contributed by atoms with Crippen molar-refractivity contribution in [2.45, 2.75) is 57.4 Å². The molecule has 0 aliphatic heterocycles. The minimum absolute atomic E-state index is 0.243. The van der Waals surface area contributed by atoms with Crippen LogP contribution in [0.4, 0.5) is 13.2 Å². The molecule has 0 unspecified atom stereocenters. The van der Waals surface area contributed by atoms with Gasteiger partial charge in [-0.2, -0.15) is 13.2 Å². The van der Waals surface area contributed by atoms with E-state index in [1.165, 1.54) is 27.3 Å². The smallest absolute Gasteiger partial charge is 0.475 e. The third-order valence-corrected chi connectivity index (χ3v) is 8.90. The largest absolute Gasteiger partial charge is 0.490 e. The summed E-state index contributed by atoms with van der Waals surface area (Å²) in [4.78, 5) is 29.1. The summed E-state index contributed by atoms with van der Waals surface area (Å²) < 4.78 is 33.9. The lowest BCUT2D eigenvalue weighted by Crippen LogP contribution is -2.50. The highest BCUT2D eigenvalue weighted by atomic mass is 19.4. The summed E-state index contributed by atoms with van der Waals surface area (Å²) in [6, 6.07) is 30.9. The number of H-pyrrole nitrogens is 2. The van der Waals surface area contributed by atoms with Gasteiger partial charge in [0.1, 0.15) is 5.82 Å². The summed E-state index contributed by atoms with van der Waals surface area (Å²) in [7, 11) is 0. The SMILES string of the molecule is CC(C)(N)C(=O)N[C@H](Cc1c[nH]c2ccccc12)c1nnc(CCc2c[nH]c3ccccc23)n1Cc1cccc2ccccc12.O=C(O)C(F)(F)F. The summed E-state index contributed by atoms with van der Waals surface area (Å²) in [5.74, 6) is -1.42. The number of alkyl halides is 3. The molecular formula is C39H38F3N7O3. The number of aryl methyl sites for hydroxylation is 2. The lowest BCUT2D eigenvalue weighted by Gasteiger charge is -2.25. The Morgan fingerprint density at radius 2 is 1.35 bits per heavy atom. The van der Waals surface area contributed by atoms with Gasteiger partial charge in [0, 0.05) is 47.0 Å². The number of nitrogens with one attached hydrogen (secondary N) is 3. The van der Waals surface area contributed by atoms with Crippen molar-refractivity contribution in [3.05, 3.63) is 132 Å². The average Bonchev–Trinajstić information content (AvgIpc) is 3.84. The predicted octanol–water partition coefficient (Wildman–Crippen LogP) is 7.00. The Morgan fingerprint density at radius 3 is 1.98 bits per heavy atom. The fraction of sp³-hybridized carbons (Fsp3) is 0.231. The van der Waals surface area contributed by atoms with E-state index < -0.39 is 23.7 Å². The van der Waals surface area contributed by atoms with Crippen molar-refractivity contribution < 1.29 is 27.9 Å². The van der Waals surface area contributed by atoms with Crippen LogP contribution in [0.2, 0.25) is 0 Å². The van der Waals surface area contributed by atoms with Crippen molar-refractivity contribution in [2.24, 2.45) is 5.73 Å². The van der Waals surface area contributed by atoms with E-state index in [2.05, 4.69) is 98.8 Å². The van der Waals surface area contributed by atoms with E-state index in [1.54, 1.807) is 13.8 Å². The van der Waals surface area contributed by atoms with Crippen molar-refractivity contribution in [3.8, 4) is 0 Å². The van der Waals surface area contributed by atoms with Crippen LogP contribution in [0.15, 0.2) is 103 Å². The quantitative estimate of drug-likeness (QED) is 0.103. The van der Waals surface area contributed by atoms with E-state index in [4.69, 9.17) is 25.8 Å². The normalized spacial score (nSPS) is 12.5. The van der Waals surface area contributed by atoms with Crippen LogP contribution in [0.25, 0.3) is 32.6 Å². The number of carbonyl (C=O) groups is 2. The van der Waals surface area contributed by atoms with E-state index in [-0.39, 0.29) is 5.91 Å². The zero-order valence-corrected chi connectivity index (χ0v) is 28.5. The molecule has 6 N–H and O–H groups in total. The van der Waals surface area contributed by atoms with Gasteiger partial charge in [0.05, 0.1) is 18.1 Å². The molecule has 268 valence electrons. The van der Waals surface area contributed by atoms with Crippen LogP contribution in [0.5, 0.6) is 0 Å². The number of benzene rings is 4. The van der Waals surface area contributed by atoms with E-state index in [0.29, 0.717) is 25.2 Å². The van der Waals surface area contributed by atoms with Gasteiger partial charge >= 0.3 is 12.1 Å². The zero-order valence-electron chi connectivity index (χ0n) is 28.5. The Balaban J connectivity index is 0.000000604. The molecule has 7 rings (SSSR count). The second-order valence-electron chi connectivity index (χ2n) is 13.2. The van der Waals surface area contributed by atoms with Crippen molar-refractivity contribution >= 4 is 44.5 Å². The Labute approximate surface area is 296 Å². The van der Waals surface area contributed by atoms with Crippen LogP contribution in [0.3, 0.4) is 0 Å². The number of rotatable bonds is 10. The highest BCUT2D eigenvalue weighted by Gasteiger charge is 2.38. The second kappa shape index (κ2) is 14.7. The molecule has 1 atom stereocenters. The monoisotopic (exact) mass is 709 g/mol. The number of nitrogens with zero attached hydrogens (tertiary/aromatic N) is 3. The van der Waals surface area contributed by atoms with Gasteiger partial charge in [0.2, 0.25) is 5.91 Å². The molecule has 0 aliphatic carbocycles. The number of para-hydroxylation sites is 2. The molecule has 0 radical (unpaired) electrons. The van der Waals surface area contributed by atoms with Gasteiger partial charge in [-0.15, -0.1) is 10.2 Å². The fourth-order valence-electron chi connectivity index (χ4n) is 6.22. The zero-order chi connectivity index (χ0) is 37.0. The van der Waals surface area contributed by atoms with Crippen molar-refractivity contribution in [3.63, 3.8) is 0 Å². The number of hydrogen-bond donors (Lipinski definition) is 5. The number of carbonyl (C=O) groups excluding carboxylic acids is 1. The van der Waals surface area contributed by atoms with E-state index in [0.717, 1.165) is 34.2 Å². The average molecular weight is 710 g/mol. The molecule has 52 heavy (non-hydrogen) atoms. The van der Waals surface area contributed by atoms with Crippen LogP contribution in [-0.2, 0) is 35.4 Å². The van der Waals surface area contributed by atoms with Crippen molar-refractivity contribution in [1.29, 1.82) is 0 Å². The van der Waals surface area contributed by atoms with Crippen LogP contribution in [0.1, 0.15) is 48.2 Å². The Hall–Kier alpha value is -5.95. The second-order valence-corrected chi connectivity index (χ2v) is 13.2. The first-order valence-electron chi connectivity index (χ1n) is 16.7. The lowest BCUT2D eigenvalue weighted by atomic mass is 10.0. The molecular weight excluding hydrogens is 671 g/mol. The van der Waals surface area contributed by atoms with Crippen LogP contribution < -0.4 is 11.1 Å². The topological polar surface area (TPSA) is 155 Å². The molecule has 0 spiro atoms. The molecule has 7 aromatic rings. The molecule has 10 nitrogen and oxygen atoms in total. The number of carboxylic acids is 1. The van der Waals surface area contributed by atoms with Gasteiger partial charge in [0.25, 0.3) is 0 Å². The highest BCUT2D eigenvalue weighted by molar-refractivity contribution is 5.87. The number of aliphatic carboxylic acids is 1. The van der Waals surface area contributed by atoms with E-state index in [9.17, 15) is 18.0 Å². The van der Waals surface area contributed by atoms with Crippen LogP contribution >= 0.6 is 0 Å². The first-order valence-corrected chi connectivity index (χ1v) is 16.7. The minimum Gasteiger partial charge on any atom is -0.475 e. The maximum atomic E-state index is 13.4. The molecule has 3 aromatic heterocycles. The molecule has 3 heterocycles. The van der Waals surface area contributed by atoms with Gasteiger partial charge in [-0.05, 0) is 59.9 Å². The fourth-order valence-corrected chi connectivity index (χ4v) is 6.22. The summed E-state index contributed by atoms with van der Waals surface area (Å²) in [5, 5.41) is 24.6. The van der Waals surface area contributed by atoms with E-state index in [1.807, 2.05) is 24.4 Å². The summed E-state index contributed by atoms with van der Waals surface area (Å²) in [6.07, 6.45) is 1.03. The molecule has 0 saturated carbocycles. The van der Waals surface area contributed by atoms with Crippen LogP contribution in [0, 0.1) is 0 Å². The van der Waals surface area contributed by atoms with Crippen LogP contribution in [-0.4, -0.2) is 53.4 Å². The number of aromatic nitrogens is 5. The molecule has 1 amide bonds. The summed E-state index contributed by atoms with van der Waals surface area (Å²) >= 11 is 0. The maximum absolute atomic E-state index is 13.4. The molecule has 0 fully saturated rings. The van der Waals surface area contributed by atoms with Crippen molar-refractivity contribution in [2.75, 3.05) is 0 Å². The van der Waals surface area contributed by atoms with Gasteiger partial charge < -0.3 is 30.7 Å². The van der Waals surface area contributed by atoms with Gasteiger partial charge in [0.15, 0.2) is 5.82 Å². The third-order valence-electron chi connectivity index (χ3n) is 8.90. The maximum Gasteiger partial charge on any atom is 0.490 e. The molecule has 0 aliphatic rings. The van der Waals surface area contributed by atoms with Gasteiger partial charge in [-0.3, -0.25) is 4.79 Å². The third kappa shape index (κ3) is 8.00. The first-order chi connectivity index (χ1) is 24.8. The highest BCUT2D eigenvalue weighted by Crippen LogP contribution is 2.28. The summed E-state index contributed by atoms with van der Waals surface area (Å²) in [5.41, 5.74) is 10.9. The summed E-state index contributed by atoms with van der Waals surface area (Å²) in [6.45, 7) is 4.01. The van der Waals surface area contributed by atoms with Crippen molar-refractivity contribution in [1.82, 2.24) is 30.0 Å². The number of halogens is 3. The Kier molecular flexibility index (Phi) is 10.2. The van der Waals surface area contributed by atoms with Gasteiger partial charge in [-0.1, -0.05) is 78.9 Å². The Bertz CT molecular complexity index is 2350. The molecule has 0 bridgehead atoms. The lowest BCUT2D eigenvalue weighted by molar-refractivity contribution is -0.192. The van der Waals surface area contributed by atoms with E-state index >= 15 is 0 Å². The predicted molar refractivity (Wildman–Crippen MR) is 194 cm³/mol. The minimum atomic E-state index is -5.08. The number of aromatic amines is 2. The molecule has 4 aromatic carbocycles.